The van der Waals surface area contributed by atoms with Gasteiger partial charge in [-0.05, 0) is 42.5 Å². The van der Waals surface area contributed by atoms with Gasteiger partial charge >= 0.3 is 0 Å². The molecule has 2 aromatic carbocycles. The molecule has 1 saturated heterocycles. The molecule has 1 heterocycles. The highest BCUT2D eigenvalue weighted by molar-refractivity contribution is 7.95. The first-order valence-corrected chi connectivity index (χ1v) is 10.6. The lowest BCUT2D eigenvalue weighted by molar-refractivity contribution is 0.348. The number of nitrogens with zero attached hydrogens (tertiary/aromatic N) is 3. The lowest BCUT2D eigenvalue weighted by Crippen LogP contribution is -2.44. The molecule has 3 rings (SSSR count). The zero-order valence-corrected chi connectivity index (χ0v) is 16.9. The smallest absolute Gasteiger partial charge is 0.218 e. The third-order valence-corrected chi connectivity index (χ3v) is 6.46. The molecule has 28 heavy (non-hydrogen) atoms. The van der Waals surface area contributed by atoms with Gasteiger partial charge in [-0.3, -0.25) is 0 Å². The molecule has 0 radical (unpaired) electrons. The van der Waals surface area contributed by atoms with E-state index in [4.69, 9.17) is 16.3 Å². The van der Waals surface area contributed by atoms with Gasteiger partial charge in [-0.2, -0.15) is 5.26 Å². The van der Waals surface area contributed by atoms with Crippen LogP contribution in [0, 0.1) is 11.3 Å². The Morgan fingerprint density at radius 1 is 1.14 bits per heavy atom. The van der Waals surface area contributed by atoms with Gasteiger partial charge in [0.25, 0.3) is 0 Å². The van der Waals surface area contributed by atoms with Crippen molar-refractivity contribution in [3.8, 4) is 11.8 Å². The quantitative estimate of drug-likeness (QED) is 0.695. The van der Waals surface area contributed by atoms with Gasteiger partial charge in [-0.25, -0.2) is 8.42 Å². The molecular weight excluding hydrogens is 398 g/mol. The van der Waals surface area contributed by atoms with E-state index in [0.29, 0.717) is 37.0 Å². The molecule has 1 aliphatic rings. The average Bonchev–Trinajstić information content (AvgIpc) is 2.72. The number of hydrogen-bond donors (Lipinski definition) is 0. The number of halogens is 1. The fraction of sp³-hybridized carbons (Fsp3) is 0.250. The first kappa shape index (κ1) is 20.1. The highest BCUT2D eigenvalue weighted by Gasteiger charge is 2.23. The summed E-state index contributed by atoms with van der Waals surface area (Å²) in [6, 6.07) is 15.5. The molecule has 0 N–H and O–H groups in total. The monoisotopic (exact) mass is 417 g/mol. The summed E-state index contributed by atoms with van der Waals surface area (Å²) in [4.78, 5) is 3.84. The molecule has 0 aliphatic carbocycles. The highest BCUT2D eigenvalue weighted by Crippen LogP contribution is 2.24. The molecule has 1 aliphatic heterocycles. The second-order valence-electron chi connectivity index (χ2n) is 6.29. The molecule has 2 aromatic rings. The Kier molecular flexibility index (Phi) is 6.12. The molecule has 8 heteroatoms. The van der Waals surface area contributed by atoms with Gasteiger partial charge in [-0.15, -0.1) is 0 Å². The summed E-state index contributed by atoms with van der Waals surface area (Å²) in [7, 11) is -2.37. The van der Waals surface area contributed by atoms with Crippen molar-refractivity contribution in [2.24, 2.45) is 0 Å². The number of methoxy groups -OCH3 is 1. The number of benzene rings is 2. The summed E-state index contributed by atoms with van der Waals surface area (Å²) >= 11 is 6.05. The van der Waals surface area contributed by atoms with Crippen LogP contribution in [0.15, 0.2) is 64.5 Å². The molecule has 146 valence electrons. The van der Waals surface area contributed by atoms with E-state index in [9.17, 15) is 13.7 Å². The van der Waals surface area contributed by atoms with E-state index >= 15 is 0 Å². The first-order chi connectivity index (χ1) is 13.4. The minimum atomic E-state index is -3.88. The second kappa shape index (κ2) is 8.55. The zero-order valence-electron chi connectivity index (χ0n) is 15.4. The van der Waals surface area contributed by atoms with Gasteiger partial charge in [0.05, 0.1) is 12.0 Å². The molecule has 6 nitrogen and oxygen atoms in total. The van der Waals surface area contributed by atoms with Crippen LogP contribution in [0.2, 0.25) is 5.02 Å². The molecule has 0 bridgehead atoms. The number of allylic oxidation sites excluding steroid dienone is 1. The van der Waals surface area contributed by atoms with Gasteiger partial charge < -0.3 is 14.5 Å². The maximum atomic E-state index is 12.8. The molecule has 0 saturated carbocycles. The molecule has 1 fully saturated rings. The Hall–Kier alpha value is -2.69. The SMILES string of the molecule is COc1ccc(S(=O)(=O)/C(C#N)=C/N2CCN(c3cccc(Cl)c3)CC2)cc1. The van der Waals surface area contributed by atoms with Crippen LogP contribution in [0.3, 0.4) is 0 Å². The number of anilines is 1. The number of rotatable bonds is 5. The van der Waals surface area contributed by atoms with Crippen LogP contribution in [0.1, 0.15) is 0 Å². The molecule has 0 atom stereocenters. The Labute approximate surface area is 170 Å². The molecule has 0 spiro atoms. The Morgan fingerprint density at radius 3 is 2.39 bits per heavy atom. The van der Waals surface area contributed by atoms with Crippen LogP contribution in [0.5, 0.6) is 5.75 Å². The first-order valence-electron chi connectivity index (χ1n) is 8.69. The number of ether oxygens (including phenoxy) is 1. The normalized spacial score (nSPS) is 15.2. The third-order valence-electron chi connectivity index (χ3n) is 4.56. The van der Waals surface area contributed by atoms with Gasteiger partial charge in [0.15, 0.2) is 4.91 Å². The number of piperazine rings is 1. The van der Waals surface area contributed by atoms with Crippen molar-refractivity contribution in [2.75, 3.05) is 38.2 Å². The molecular formula is C20H20ClN3O3S. The van der Waals surface area contributed by atoms with Gasteiger partial charge in [0.1, 0.15) is 11.8 Å². The summed E-state index contributed by atoms with van der Waals surface area (Å²) in [5.41, 5.74) is 1.03. The molecule has 0 unspecified atom stereocenters. The predicted octanol–water partition coefficient (Wildman–Crippen LogP) is 3.31. The fourth-order valence-corrected chi connectivity index (χ4v) is 4.33. The van der Waals surface area contributed by atoms with Gasteiger partial charge in [-0.1, -0.05) is 17.7 Å². The Morgan fingerprint density at radius 2 is 1.82 bits per heavy atom. The van der Waals surface area contributed by atoms with Crippen molar-refractivity contribution < 1.29 is 13.2 Å². The van der Waals surface area contributed by atoms with E-state index < -0.39 is 9.84 Å². The lowest BCUT2D eigenvalue weighted by atomic mass is 10.2. The van der Waals surface area contributed by atoms with Crippen molar-refractivity contribution in [1.82, 2.24) is 4.90 Å². The molecule has 0 amide bonds. The Balaban J connectivity index is 1.73. The fourth-order valence-electron chi connectivity index (χ4n) is 2.99. The summed E-state index contributed by atoms with van der Waals surface area (Å²) in [6.07, 6.45) is 1.44. The minimum Gasteiger partial charge on any atom is -0.497 e. The van der Waals surface area contributed by atoms with Crippen LogP contribution in [-0.2, 0) is 9.84 Å². The van der Waals surface area contributed by atoms with Crippen LogP contribution in [0.25, 0.3) is 0 Å². The Bertz CT molecular complexity index is 1010. The lowest BCUT2D eigenvalue weighted by Gasteiger charge is -2.35. The van der Waals surface area contributed by atoms with E-state index in [1.54, 1.807) is 12.1 Å². The second-order valence-corrected chi connectivity index (χ2v) is 8.64. The summed E-state index contributed by atoms with van der Waals surface area (Å²) in [5, 5.41) is 10.1. The summed E-state index contributed by atoms with van der Waals surface area (Å²) in [6.45, 7) is 2.63. The van der Waals surface area contributed by atoms with Crippen molar-refractivity contribution >= 4 is 27.1 Å². The average molecular weight is 418 g/mol. The van der Waals surface area contributed by atoms with E-state index in [-0.39, 0.29) is 9.80 Å². The molecule has 0 aromatic heterocycles. The third kappa shape index (κ3) is 4.41. The zero-order chi connectivity index (χ0) is 20.1. The number of sulfone groups is 1. The van der Waals surface area contributed by atoms with Gasteiger partial charge in [0, 0.05) is 43.1 Å². The van der Waals surface area contributed by atoms with Crippen LogP contribution < -0.4 is 9.64 Å². The van der Waals surface area contributed by atoms with Crippen molar-refractivity contribution in [1.29, 1.82) is 5.26 Å². The van der Waals surface area contributed by atoms with Crippen LogP contribution in [0.4, 0.5) is 5.69 Å². The van der Waals surface area contributed by atoms with E-state index in [1.807, 2.05) is 35.2 Å². The number of nitriles is 1. The van der Waals surface area contributed by atoms with Gasteiger partial charge in [0.2, 0.25) is 9.84 Å². The van der Waals surface area contributed by atoms with Crippen LogP contribution >= 0.6 is 11.6 Å². The minimum absolute atomic E-state index is 0.0682. The maximum Gasteiger partial charge on any atom is 0.218 e. The maximum absolute atomic E-state index is 12.8. The van der Waals surface area contributed by atoms with Crippen LogP contribution in [-0.4, -0.2) is 46.6 Å². The largest absolute Gasteiger partial charge is 0.497 e. The highest BCUT2D eigenvalue weighted by atomic mass is 35.5. The standard InChI is InChI=1S/C20H20ClN3O3S/c1-27-18-5-7-19(8-6-18)28(25,26)20(14-22)15-23-9-11-24(12-10-23)17-4-2-3-16(21)13-17/h2-8,13,15H,9-12H2,1H3/b20-15+. The summed E-state index contributed by atoms with van der Waals surface area (Å²) in [5.74, 6) is 0.554. The number of hydrogen-bond acceptors (Lipinski definition) is 6. The van der Waals surface area contributed by atoms with Crippen molar-refractivity contribution in [3.63, 3.8) is 0 Å². The topological polar surface area (TPSA) is 73.6 Å². The van der Waals surface area contributed by atoms with Crippen molar-refractivity contribution in [3.05, 3.63) is 64.7 Å². The van der Waals surface area contributed by atoms with E-state index in [0.717, 1.165) is 5.69 Å². The summed E-state index contributed by atoms with van der Waals surface area (Å²) < 4.78 is 30.6. The van der Waals surface area contributed by atoms with E-state index in [1.165, 1.54) is 25.4 Å². The predicted molar refractivity (Wildman–Crippen MR) is 109 cm³/mol. The van der Waals surface area contributed by atoms with E-state index in [2.05, 4.69) is 4.90 Å². The van der Waals surface area contributed by atoms with Crippen molar-refractivity contribution in [2.45, 2.75) is 4.90 Å².